The van der Waals surface area contributed by atoms with Gasteiger partial charge in [-0.1, -0.05) is 23.7 Å². The molecule has 2 aromatic carbocycles. The maximum atomic E-state index is 13.1. The summed E-state index contributed by atoms with van der Waals surface area (Å²) < 4.78 is 13.1. The third kappa shape index (κ3) is 3.36. The van der Waals surface area contributed by atoms with Crippen molar-refractivity contribution in [3.8, 4) is 0 Å². The molecule has 2 unspecified atom stereocenters. The molecule has 0 aliphatic carbocycles. The number of anilines is 1. The van der Waals surface area contributed by atoms with Crippen LogP contribution in [0.2, 0.25) is 5.02 Å². The second-order valence-corrected chi connectivity index (χ2v) is 6.07. The van der Waals surface area contributed by atoms with E-state index in [0.29, 0.717) is 5.92 Å². The molecule has 1 saturated heterocycles. The summed E-state index contributed by atoms with van der Waals surface area (Å²) in [5.41, 5.74) is 8.43. The molecule has 2 aromatic rings. The van der Waals surface area contributed by atoms with Crippen LogP contribution in [0.4, 0.5) is 10.1 Å². The van der Waals surface area contributed by atoms with E-state index >= 15 is 0 Å². The van der Waals surface area contributed by atoms with Gasteiger partial charge >= 0.3 is 0 Å². The van der Waals surface area contributed by atoms with Gasteiger partial charge in [-0.2, -0.15) is 0 Å². The number of nitrogens with two attached hydrogens (primary N) is 1. The van der Waals surface area contributed by atoms with Crippen LogP contribution in [0.1, 0.15) is 17.9 Å². The van der Waals surface area contributed by atoms with E-state index in [4.69, 9.17) is 17.3 Å². The number of piperidine rings is 1. The highest BCUT2D eigenvalue weighted by Gasteiger charge is 2.26. The van der Waals surface area contributed by atoms with E-state index in [2.05, 4.69) is 11.0 Å². The SMILES string of the molecule is NC1CC(c2cccc(Cl)c2)CN(c2ccc(F)cc2)C1. The van der Waals surface area contributed by atoms with Gasteiger partial charge < -0.3 is 10.6 Å². The zero-order chi connectivity index (χ0) is 14.8. The Labute approximate surface area is 129 Å². The minimum atomic E-state index is -0.216. The third-order valence-corrected chi connectivity index (χ3v) is 4.23. The summed E-state index contributed by atoms with van der Waals surface area (Å²) in [4.78, 5) is 2.22. The average Bonchev–Trinajstić information content (AvgIpc) is 2.47. The van der Waals surface area contributed by atoms with Crippen LogP contribution in [0.25, 0.3) is 0 Å². The molecular formula is C17H18ClFN2. The number of nitrogens with zero attached hydrogens (tertiary/aromatic N) is 1. The molecule has 2 N–H and O–H groups in total. The van der Waals surface area contributed by atoms with Crippen molar-refractivity contribution < 1.29 is 4.39 Å². The summed E-state index contributed by atoms with van der Waals surface area (Å²) in [5, 5.41) is 0.750. The van der Waals surface area contributed by atoms with Crippen LogP contribution in [0.3, 0.4) is 0 Å². The van der Waals surface area contributed by atoms with Gasteiger partial charge in [0.25, 0.3) is 0 Å². The summed E-state index contributed by atoms with van der Waals surface area (Å²) in [7, 11) is 0. The molecule has 21 heavy (non-hydrogen) atoms. The molecular weight excluding hydrogens is 287 g/mol. The lowest BCUT2D eigenvalue weighted by molar-refractivity contribution is 0.454. The maximum absolute atomic E-state index is 13.1. The first kappa shape index (κ1) is 14.4. The fourth-order valence-corrected chi connectivity index (χ4v) is 3.20. The van der Waals surface area contributed by atoms with E-state index in [0.717, 1.165) is 30.2 Å². The van der Waals surface area contributed by atoms with E-state index in [-0.39, 0.29) is 11.9 Å². The third-order valence-electron chi connectivity index (χ3n) is 3.99. The Morgan fingerprint density at radius 2 is 1.86 bits per heavy atom. The first-order valence-corrected chi connectivity index (χ1v) is 7.51. The van der Waals surface area contributed by atoms with Gasteiger partial charge in [-0.3, -0.25) is 0 Å². The summed E-state index contributed by atoms with van der Waals surface area (Å²) >= 11 is 6.08. The molecule has 3 rings (SSSR count). The van der Waals surface area contributed by atoms with Gasteiger partial charge in [0.1, 0.15) is 5.82 Å². The largest absolute Gasteiger partial charge is 0.369 e. The van der Waals surface area contributed by atoms with Crippen molar-refractivity contribution >= 4 is 17.3 Å². The number of halogens is 2. The molecule has 2 atom stereocenters. The molecule has 110 valence electrons. The Bertz CT molecular complexity index is 614. The number of hydrogen-bond acceptors (Lipinski definition) is 2. The number of benzene rings is 2. The lowest BCUT2D eigenvalue weighted by Crippen LogP contribution is -2.46. The highest BCUT2D eigenvalue weighted by atomic mass is 35.5. The van der Waals surface area contributed by atoms with Crippen LogP contribution in [0.15, 0.2) is 48.5 Å². The van der Waals surface area contributed by atoms with Crippen LogP contribution >= 0.6 is 11.6 Å². The molecule has 0 aromatic heterocycles. The van der Waals surface area contributed by atoms with Gasteiger partial charge in [-0.05, 0) is 48.4 Å². The molecule has 0 radical (unpaired) electrons. The van der Waals surface area contributed by atoms with E-state index in [9.17, 15) is 4.39 Å². The van der Waals surface area contributed by atoms with Gasteiger partial charge in [0, 0.05) is 35.8 Å². The molecule has 1 aliphatic rings. The highest BCUT2D eigenvalue weighted by molar-refractivity contribution is 6.30. The zero-order valence-electron chi connectivity index (χ0n) is 11.7. The van der Waals surface area contributed by atoms with Crippen molar-refractivity contribution in [1.29, 1.82) is 0 Å². The summed E-state index contributed by atoms with van der Waals surface area (Å²) in [6.45, 7) is 1.67. The Hall–Kier alpha value is -1.58. The smallest absolute Gasteiger partial charge is 0.123 e. The molecule has 0 amide bonds. The van der Waals surface area contributed by atoms with Gasteiger partial charge in [-0.25, -0.2) is 4.39 Å². The summed E-state index contributed by atoms with van der Waals surface area (Å²) in [5.74, 6) is 0.129. The van der Waals surface area contributed by atoms with Gasteiger partial charge in [-0.15, -0.1) is 0 Å². The van der Waals surface area contributed by atoms with Crippen molar-refractivity contribution in [3.63, 3.8) is 0 Å². The van der Waals surface area contributed by atoms with Crippen LogP contribution < -0.4 is 10.6 Å². The second-order valence-electron chi connectivity index (χ2n) is 5.63. The fourth-order valence-electron chi connectivity index (χ4n) is 3.00. The predicted octanol–water partition coefficient (Wildman–Crippen LogP) is 3.80. The topological polar surface area (TPSA) is 29.3 Å². The number of rotatable bonds is 2. The normalized spacial score (nSPS) is 22.3. The van der Waals surface area contributed by atoms with Crippen molar-refractivity contribution in [2.45, 2.75) is 18.4 Å². The van der Waals surface area contributed by atoms with Crippen molar-refractivity contribution in [3.05, 3.63) is 64.9 Å². The van der Waals surface area contributed by atoms with Crippen molar-refractivity contribution in [2.24, 2.45) is 5.73 Å². The molecule has 4 heteroatoms. The molecule has 0 spiro atoms. The lowest BCUT2D eigenvalue weighted by atomic mass is 9.88. The standard InChI is InChI=1S/C17H18ClFN2/c18-14-3-1-2-12(8-14)13-9-16(20)11-21(10-13)17-6-4-15(19)5-7-17/h1-8,13,16H,9-11,20H2. The highest BCUT2D eigenvalue weighted by Crippen LogP contribution is 2.30. The van der Waals surface area contributed by atoms with Crippen molar-refractivity contribution in [1.82, 2.24) is 0 Å². The van der Waals surface area contributed by atoms with E-state index < -0.39 is 0 Å². The average molecular weight is 305 g/mol. The van der Waals surface area contributed by atoms with Gasteiger partial charge in [0.15, 0.2) is 0 Å². The molecule has 0 bridgehead atoms. The Kier molecular flexibility index (Phi) is 4.13. The summed E-state index contributed by atoms with van der Waals surface area (Å²) in [6.07, 6.45) is 0.942. The predicted molar refractivity (Wildman–Crippen MR) is 85.4 cm³/mol. The van der Waals surface area contributed by atoms with E-state index in [1.54, 1.807) is 0 Å². The first-order valence-electron chi connectivity index (χ1n) is 7.13. The molecule has 1 fully saturated rings. The van der Waals surface area contributed by atoms with E-state index in [1.807, 2.05) is 30.3 Å². The lowest BCUT2D eigenvalue weighted by Gasteiger charge is -2.38. The molecule has 1 heterocycles. The van der Waals surface area contributed by atoms with Crippen molar-refractivity contribution in [2.75, 3.05) is 18.0 Å². The minimum Gasteiger partial charge on any atom is -0.369 e. The Morgan fingerprint density at radius 1 is 1.10 bits per heavy atom. The van der Waals surface area contributed by atoms with Crippen LogP contribution in [0, 0.1) is 5.82 Å². The van der Waals surface area contributed by atoms with Gasteiger partial charge in [0.05, 0.1) is 0 Å². The minimum absolute atomic E-state index is 0.104. The van der Waals surface area contributed by atoms with Crippen LogP contribution in [-0.2, 0) is 0 Å². The van der Waals surface area contributed by atoms with Gasteiger partial charge in [0.2, 0.25) is 0 Å². The quantitative estimate of drug-likeness (QED) is 0.914. The monoisotopic (exact) mass is 304 g/mol. The molecule has 1 aliphatic heterocycles. The summed E-state index contributed by atoms with van der Waals surface area (Å²) in [6, 6.07) is 14.7. The first-order chi connectivity index (χ1) is 10.1. The number of hydrogen-bond donors (Lipinski definition) is 1. The maximum Gasteiger partial charge on any atom is 0.123 e. The Balaban J connectivity index is 1.83. The van der Waals surface area contributed by atoms with Crippen LogP contribution in [-0.4, -0.2) is 19.1 Å². The van der Waals surface area contributed by atoms with Crippen LogP contribution in [0.5, 0.6) is 0 Å². The molecule has 0 saturated carbocycles. The fraction of sp³-hybridized carbons (Fsp3) is 0.294. The zero-order valence-corrected chi connectivity index (χ0v) is 12.4. The second kappa shape index (κ2) is 6.04. The molecule has 2 nitrogen and oxygen atoms in total. The van der Waals surface area contributed by atoms with E-state index in [1.165, 1.54) is 17.7 Å². The Morgan fingerprint density at radius 3 is 2.57 bits per heavy atom.